The topological polar surface area (TPSA) is 107 Å². The second-order valence-corrected chi connectivity index (χ2v) is 8.27. The van der Waals surface area contributed by atoms with Crippen LogP contribution in [0.3, 0.4) is 0 Å². The quantitative estimate of drug-likeness (QED) is 0.618. The fourth-order valence-corrected chi connectivity index (χ4v) is 2.64. The van der Waals surface area contributed by atoms with Gasteiger partial charge in [0.05, 0.1) is 17.3 Å². The fourth-order valence-electron chi connectivity index (χ4n) is 2.64. The number of rotatable bonds is 7. The first-order valence-electron chi connectivity index (χ1n) is 10.4. The summed E-state index contributed by atoms with van der Waals surface area (Å²) in [7, 11) is 0. The van der Waals surface area contributed by atoms with E-state index in [2.05, 4.69) is 13.8 Å². The molecule has 3 atom stereocenters. The number of aliphatic carboxylic acids is 1. The molecule has 0 saturated heterocycles. The first-order chi connectivity index (χ1) is 13.5. The Kier molecular flexibility index (Phi) is 15.1. The van der Waals surface area contributed by atoms with Crippen LogP contribution >= 0.6 is 0 Å². The van der Waals surface area contributed by atoms with Crippen molar-refractivity contribution in [3.05, 3.63) is 0 Å². The Morgan fingerprint density at radius 2 is 1.48 bits per heavy atom. The third-order valence-electron chi connectivity index (χ3n) is 5.12. The van der Waals surface area contributed by atoms with Crippen LogP contribution in [0.5, 0.6) is 0 Å². The summed E-state index contributed by atoms with van der Waals surface area (Å²) in [6, 6.07) is 0. The SMILES string of the molecule is C=O.CC(COC(=O)C(C)(C)C(C)C)OC(=O)C1CCCCC1C(=O)O.CCC. The second-order valence-electron chi connectivity index (χ2n) is 8.27. The smallest absolute Gasteiger partial charge is 0.311 e. The van der Waals surface area contributed by atoms with Gasteiger partial charge < -0.3 is 19.4 Å². The molecule has 0 aromatic carbocycles. The van der Waals surface area contributed by atoms with Crippen molar-refractivity contribution in [1.82, 2.24) is 0 Å². The zero-order chi connectivity index (χ0) is 23.2. The van der Waals surface area contributed by atoms with Gasteiger partial charge in [0.2, 0.25) is 0 Å². The molecule has 1 aliphatic rings. The lowest BCUT2D eigenvalue weighted by Crippen LogP contribution is -2.37. The largest absolute Gasteiger partial charge is 0.481 e. The van der Waals surface area contributed by atoms with Crippen molar-refractivity contribution in [3.8, 4) is 0 Å². The van der Waals surface area contributed by atoms with Crippen molar-refractivity contribution in [3.63, 3.8) is 0 Å². The van der Waals surface area contributed by atoms with E-state index in [1.54, 1.807) is 6.92 Å². The van der Waals surface area contributed by atoms with Crippen molar-refractivity contribution in [2.75, 3.05) is 6.61 Å². The molecule has 7 nitrogen and oxygen atoms in total. The van der Waals surface area contributed by atoms with Crippen LogP contribution in [0.1, 0.15) is 80.6 Å². The van der Waals surface area contributed by atoms with Crippen molar-refractivity contribution in [2.45, 2.75) is 86.7 Å². The monoisotopic (exact) mass is 416 g/mol. The molecule has 0 spiro atoms. The summed E-state index contributed by atoms with van der Waals surface area (Å²) in [5.74, 6) is -2.95. The van der Waals surface area contributed by atoms with Gasteiger partial charge in [-0.15, -0.1) is 0 Å². The maximum atomic E-state index is 12.2. The van der Waals surface area contributed by atoms with Crippen LogP contribution in [0.2, 0.25) is 0 Å². The highest BCUT2D eigenvalue weighted by Crippen LogP contribution is 2.32. The number of carboxylic acids is 1. The van der Waals surface area contributed by atoms with Gasteiger partial charge in [-0.25, -0.2) is 0 Å². The lowest BCUT2D eigenvalue weighted by molar-refractivity contribution is -0.170. The summed E-state index contributed by atoms with van der Waals surface area (Å²) in [4.78, 5) is 43.6. The average Bonchev–Trinajstić information content (AvgIpc) is 2.67. The summed E-state index contributed by atoms with van der Waals surface area (Å²) >= 11 is 0. The van der Waals surface area contributed by atoms with Crippen LogP contribution in [0, 0.1) is 23.2 Å². The lowest BCUT2D eigenvalue weighted by Gasteiger charge is -2.29. The van der Waals surface area contributed by atoms with Gasteiger partial charge in [-0.05, 0) is 39.5 Å². The van der Waals surface area contributed by atoms with Crippen LogP contribution in [-0.2, 0) is 28.7 Å². The highest BCUT2D eigenvalue weighted by molar-refractivity contribution is 5.81. The number of hydrogen-bond donors (Lipinski definition) is 1. The maximum Gasteiger partial charge on any atom is 0.311 e. The molecular formula is C22H40O7. The van der Waals surface area contributed by atoms with Gasteiger partial charge in [0, 0.05) is 0 Å². The van der Waals surface area contributed by atoms with E-state index in [9.17, 15) is 19.5 Å². The summed E-state index contributed by atoms with van der Waals surface area (Å²) in [6.45, 7) is 15.4. The number of hydrogen-bond acceptors (Lipinski definition) is 6. The first-order valence-corrected chi connectivity index (χ1v) is 10.4. The van der Waals surface area contributed by atoms with Gasteiger partial charge in [-0.2, -0.15) is 0 Å². The Balaban J connectivity index is 0. The standard InChI is InChI=1S/C18H30O6.C3H8.CH2O/c1-11(2)18(4,5)17(22)23-10-12(3)24-16(21)14-9-7-6-8-13(14)15(19)20;1-3-2;1-2/h11-14H,6-10H2,1-5H3,(H,19,20);3H2,1-2H3;1H2. The van der Waals surface area contributed by atoms with Crippen molar-refractivity contribution < 1.29 is 33.8 Å². The van der Waals surface area contributed by atoms with Crippen molar-refractivity contribution in [1.29, 1.82) is 0 Å². The highest BCUT2D eigenvalue weighted by Gasteiger charge is 2.38. The molecule has 0 aliphatic heterocycles. The molecule has 1 N–H and O–H groups in total. The molecule has 170 valence electrons. The van der Waals surface area contributed by atoms with Gasteiger partial charge in [0.25, 0.3) is 0 Å². The van der Waals surface area contributed by atoms with Crippen LogP contribution < -0.4 is 0 Å². The maximum absolute atomic E-state index is 12.2. The molecule has 3 unspecified atom stereocenters. The third-order valence-corrected chi connectivity index (χ3v) is 5.12. The molecule has 1 rings (SSSR count). The predicted octanol–water partition coefficient (Wildman–Crippen LogP) is 4.27. The molecule has 0 aromatic rings. The molecule has 1 aliphatic carbocycles. The summed E-state index contributed by atoms with van der Waals surface area (Å²) in [6.07, 6.45) is 3.33. The zero-order valence-corrected chi connectivity index (χ0v) is 19.2. The van der Waals surface area contributed by atoms with Crippen LogP contribution in [-0.4, -0.2) is 42.5 Å². The van der Waals surface area contributed by atoms with Gasteiger partial charge in [0.1, 0.15) is 19.5 Å². The normalized spacial score (nSPS) is 19.6. The van der Waals surface area contributed by atoms with Crippen molar-refractivity contribution >= 4 is 24.7 Å². The van der Waals surface area contributed by atoms with E-state index in [-0.39, 0.29) is 18.5 Å². The number of esters is 2. The molecule has 0 amide bonds. The van der Waals surface area contributed by atoms with Crippen molar-refractivity contribution in [2.24, 2.45) is 23.2 Å². The summed E-state index contributed by atoms with van der Waals surface area (Å²) < 4.78 is 10.6. The van der Waals surface area contributed by atoms with Gasteiger partial charge in [-0.1, -0.05) is 47.0 Å². The molecule has 0 bridgehead atoms. The first kappa shape index (κ1) is 29.3. The molecule has 0 heterocycles. The van der Waals surface area contributed by atoms with Crippen LogP contribution in [0.25, 0.3) is 0 Å². The minimum atomic E-state index is -0.950. The average molecular weight is 417 g/mol. The van der Waals surface area contributed by atoms with Gasteiger partial charge in [0.15, 0.2) is 0 Å². The minimum Gasteiger partial charge on any atom is -0.481 e. The van der Waals surface area contributed by atoms with Gasteiger partial charge >= 0.3 is 17.9 Å². The van der Waals surface area contributed by atoms with E-state index in [0.717, 1.165) is 12.8 Å². The van der Waals surface area contributed by atoms with E-state index in [0.29, 0.717) is 12.8 Å². The summed E-state index contributed by atoms with van der Waals surface area (Å²) in [5.41, 5.74) is -0.610. The predicted molar refractivity (Wildman–Crippen MR) is 111 cm³/mol. The Bertz CT molecular complexity index is 499. The van der Waals surface area contributed by atoms with E-state index < -0.39 is 35.3 Å². The minimum absolute atomic E-state index is 0.0226. The number of carboxylic acid groups (broad SMARTS) is 1. The van der Waals surface area contributed by atoms with E-state index in [4.69, 9.17) is 14.3 Å². The number of carbonyl (C=O) groups is 4. The van der Waals surface area contributed by atoms with Gasteiger partial charge in [-0.3, -0.25) is 14.4 Å². The second kappa shape index (κ2) is 15.0. The molecule has 29 heavy (non-hydrogen) atoms. The molecule has 7 heteroatoms. The molecule has 1 saturated carbocycles. The van der Waals surface area contributed by atoms with E-state index in [1.165, 1.54) is 6.42 Å². The Labute approximate surface area is 175 Å². The summed E-state index contributed by atoms with van der Waals surface area (Å²) in [5, 5.41) is 9.23. The Morgan fingerprint density at radius 1 is 1.03 bits per heavy atom. The lowest BCUT2D eigenvalue weighted by atomic mass is 9.79. The number of carbonyl (C=O) groups excluding carboxylic acids is 3. The molecule has 0 aromatic heterocycles. The molecule has 1 fully saturated rings. The van der Waals surface area contributed by atoms with Crippen LogP contribution in [0.15, 0.2) is 0 Å². The fraction of sp³-hybridized carbons (Fsp3) is 0.818. The molecular weight excluding hydrogens is 376 g/mol. The highest BCUT2D eigenvalue weighted by atomic mass is 16.6. The molecule has 0 radical (unpaired) electrons. The van der Waals surface area contributed by atoms with E-state index in [1.807, 2.05) is 34.5 Å². The third kappa shape index (κ3) is 10.4. The number of ether oxygens (including phenoxy) is 2. The van der Waals surface area contributed by atoms with Crippen LogP contribution in [0.4, 0.5) is 0 Å². The zero-order valence-electron chi connectivity index (χ0n) is 19.2. The van der Waals surface area contributed by atoms with E-state index >= 15 is 0 Å². The Morgan fingerprint density at radius 3 is 1.90 bits per heavy atom. The Hall–Kier alpha value is -1.92.